The Bertz CT molecular complexity index is 281. The first-order valence-corrected chi connectivity index (χ1v) is 5.41. The van der Waals surface area contributed by atoms with E-state index in [2.05, 4.69) is 0 Å². The van der Waals surface area contributed by atoms with Crippen LogP contribution in [-0.2, 0) is 11.2 Å². The first kappa shape index (κ1) is 9.50. The molecule has 1 fully saturated rings. The van der Waals surface area contributed by atoms with Crippen molar-refractivity contribution >= 4 is 5.78 Å². The lowest BCUT2D eigenvalue weighted by Gasteiger charge is -2.19. The SMILES string of the molecule is O=C(Cc1ccco1)C1CCCCC1. The molecule has 0 N–H and O–H groups in total. The highest BCUT2D eigenvalue weighted by molar-refractivity contribution is 5.82. The number of hydrogen-bond donors (Lipinski definition) is 0. The minimum atomic E-state index is 0.300. The smallest absolute Gasteiger partial charge is 0.143 e. The molecule has 1 aliphatic carbocycles. The molecular weight excluding hydrogens is 176 g/mol. The Morgan fingerprint density at radius 3 is 2.79 bits per heavy atom. The highest BCUT2D eigenvalue weighted by Crippen LogP contribution is 2.25. The number of Topliss-reactive ketones (excluding diaryl/α,β-unsaturated/α-hetero) is 1. The maximum absolute atomic E-state index is 11.8. The lowest BCUT2D eigenvalue weighted by molar-refractivity contribution is -0.123. The Hall–Kier alpha value is -1.05. The Balaban J connectivity index is 1.88. The van der Waals surface area contributed by atoms with E-state index in [0.717, 1.165) is 18.6 Å². The molecule has 0 unspecified atom stereocenters. The van der Waals surface area contributed by atoms with Gasteiger partial charge in [0.15, 0.2) is 0 Å². The molecule has 0 amide bonds. The van der Waals surface area contributed by atoms with Gasteiger partial charge in [-0.3, -0.25) is 4.79 Å². The van der Waals surface area contributed by atoms with Gasteiger partial charge < -0.3 is 4.42 Å². The minimum absolute atomic E-state index is 0.300. The first-order chi connectivity index (χ1) is 6.86. The van der Waals surface area contributed by atoms with Crippen LogP contribution in [-0.4, -0.2) is 5.78 Å². The maximum atomic E-state index is 11.8. The van der Waals surface area contributed by atoms with Gasteiger partial charge in [-0.25, -0.2) is 0 Å². The Labute approximate surface area is 84.3 Å². The van der Waals surface area contributed by atoms with Crippen LogP contribution in [0.15, 0.2) is 22.8 Å². The summed E-state index contributed by atoms with van der Waals surface area (Å²) in [6, 6.07) is 3.71. The van der Waals surface area contributed by atoms with Gasteiger partial charge in [-0.1, -0.05) is 19.3 Å². The van der Waals surface area contributed by atoms with Crippen LogP contribution in [0.25, 0.3) is 0 Å². The fourth-order valence-electron chi connectivity index (χ4n) is 2.15. The second kappa shape index (κ2) is 4.45. The van der Waals surface area contributed by atoms with Crippen molar-refractivity contribution in [3.05, 3.63) is 24.2 Å². The standard InChI is InChI=1S/C12H16O2/c13-12(9-11-7-4-8-14-11)10-5-2-1-3-6-10/h4,7-8,10H,1-3,5-6,9H2. The average molecular weight is 192 g/mol. The number of furan rings is 1. The van der Waals surface area contributed by atoms with Crippen LogP contribution in [0.5, 0.6) is 0 Å². The predicted molar refractivity (Wildman–Crippen MR) is 54.0 cm³/mol. The van der Waals surface area contributed by atoms with E-state index < -0.39 is 0 Å². The second-order valence-electron chi connectivity index (χ2n) is 4.06. The second-order valence-corrected chi connectivity index (χ2v) is 4.06. The summed E-state index contributed by atoms with van der Waals surface area (Å²) in [4.78, 5) is 11.8. The number of ketones is 1. The summed E-state index contributed by atoms with van der Waals surface area (Å²) < 4.78 is 5.17. The molecule has 0 saturated heterocycles. The lowest BCUT2D eigenvalue weighted by atomic mass is 9.85. The molecular formula is C12H16O2. The van der Waals surface area contributed by atoms with Crippen molar-refractivity contribution in [3.8, 4) is 0 Å². The van der Waals surface area contributed by atoms with Crippen LogP contribution in [0.2, 0.25) is 0 Å². The highest BCUT2D eigenvalue weighted by Gasteiger charge is 2.21. The van der Waals surface area contributed by atoms with Crippen molar-refractivity contribution in [1.82, 2.24) is 0 Å². The van der Waals surface area contributed by atoms with Crippen molar-refractivity contribution < 1.29 is 9.21 Å². The molecule has 1 aromatic rings. The molecule has 2 nitrogen and oxygen atoms in total. The molecule has 1 aromatic heterocycles. The van der Waals surface area contributed by atoms with E-state index in [1.165, 1.54) is 19.3 Å². The third kappa shape index (κ3) is 2.25. The average Bonchev–Trinajstić information content (AvgIpc) is 2.72. The van der Waals surface area contributed by atoms with Gasteiger partial charge >= 0.3 is 0 Å². The minimum Gasteiger partial charge on any atom is -0.469 e. The molecule has 0 atom stereocenters. The number of carbonyl (C=O) groups is 1. The predicted octanol–water partition coefficient (Wildman–Crippen LogP) is 2.97. The lowest BCUT2D eigenvalue weighted by Crippen LogP contribution is -2.19. The van der Waals surface area contributed by atoms with Gasteiger partial charge in [-0.2, -0.15) is 0 Å². The number of rotatable bonds is 3. The summed E-state index contributed by atoms with van der Waals surface area (Å²) in [6.07, 6.45) is 8.01. The summed E-state index contributed by atoms with van der Waals surface area (Å²) >= 11 is 0. The monoisotopic (exact) mass is 192 g/mol. The van der Waals surface area contributed by atoms with Gasteiger partial charge in [0.2, 0.25) is 0 Å². The van der Waals surface area contributed by atoms with E-state index in [1.807, 2.05) is 12.1 Å². The summed E-state index contributed by atoms with van der Waals surface area (Å²) in [5.74, 6) is 1.47. The summed E-state index contributed by atoms with van der Waals surface area (Å²) in [5.41, 5.74) is 0. The third-order valence-electron chi connectivity index (χ3n) is 2.99. The number of hydrogen-bond acceptors (Lipinski definition) is 2. The molecule has 1 aliphatic rings. The fourth-order valence-corrected chi connectivity index (χ4v) is 2.15. The van der Waals surface area contributed by atoms with E-state index in [4.69, 9.17) is 4.42 Å². The highest BCUT2D eigenvalue weighted by atomic mass is 16.3. The van der Waals surface area contributed by atoms with Crippen molar-refractivity contribution in [3.63, 3.8) is 0 Å². The molecule has 2 rings (SSSR count). The molecule has 0 aliphatic heterocycles. The van der Waals surface area contributed by atoms with Gasteiger partial charge in [-0.05, 0) is 25.0 Å². The van der Waals surface area contributed by atoms with Crippen LogP contribution in [0, 0.1) is 5.92 Å². The van der Waals surface area contributed by atoms with E-state index in [-0.39, 0.29) is 0 Å². The van der Waals surface area contributed by atoms with Gasteiger partial charge in [0.05, 0.1) is 12.7 Å². The van der Waals surface area contributed by atoms with Gasteiger partial charge in [0.25, 0.3) is 0 Å². The molecule has 0 aromatic carbocycles. The molecule has 0 bridgehead atoms. The van der Waals surface area contributed by atoms with E-state index in [0.29, 0.717) is 18.1 Å². The largest absolute Gasteiger partial charge is 0.469 e. The van der Waals surface area contributed by atoms with Crippen molar-refractivity contribution in [2.24, 2.45) is 5.92 Å². The zero-order valence-corrected chi connectivity index (χ0v) is 8.37. The maximum Gasteiger partial charge on any atom is 0.143 e. The van der Waals surface area contributed by atoms with Crippen LogP contribution >= 0.6 is 0 Å². The summed E-state index contributed by atoms with van der Waals surface area (Å²) in [5, 5.41) is 0. The van der Waals surface area contributed by atoms with Crippen LogP contribution in [0.1, 0.15) is 37.9 Å². The molecule has 0 spiro atoms. The summed E-state index contributed by atoms with van der Waals surface area (Å²) in [7, 11) is 0. The van der Waals surface area contributed by atoms with E-state index in [9.17, 15) is 4.79 Å². The zero-order chi connectivity index (χ0) is 9.80. The van der Waals surface area contributed by atoms with Gasteiger partial charge in [-0.15, -0.1) is 0 Å². The van der Waals surface area contributed by atoms with Crippen LogP contribution < -0.4 is 0 Å². The van der Waals surface area contributed by atoms with Crippen molar-refractivity contribution in [1.29, 1.82) is 0 Å². The summed E-state index contributed by atoms with van der Waals surface area (Å²) in [6.45, 7) is 0. The zero-order valence-electron chi connectivity index (χ0n) is 8.37. The Morgan fingerprint density at radius 2 is 2.14 bits per heavy atom. The van der Waals surface area contributed by atoms with Crippen LogP contribution in [0.4, 0.5) is 0 Å². The molecule has 0 radical (unpaired) electrons. The Kier molecular flexibility index (Phi) is 3.02. The Morgan fingerprint density at radius 1 is 1.36 bits per heavy atom. The fraction of sp³-hybridized carbons (Fsp3) is 0.583. The van der Waals surface area contributed by atoms with Crippen molar-refractivity contribution in [2.75, 3.05) is 0 Å². The van der Waals surface area contributed by atoms with Crippen LogP contribution in [0.3, 0.4) is 0 Å². The quantitative estimate of drug-likeness (QED) is 0.737. The number of carbonyl (C=O) groups excluding carboxylic acids is 1. The topological polar surface area (TPSA) is 30.2 Å². The molecule has 14 heavy (non-hydrogen) atoms. The van der Waals surface area contributed by atoms with Crippen molar-refractivity contribution in [2.45, 2.75) is 38.5 Å². The molecule has 1 heterocycles. The molecule has 2 heteroatoms. The normalized spacial score (nSPS) is 18.3. The van der Waals surface area contributed by atoms with Gasteiger partial charge in [0, 0.05) is 5.92 Å². The van der Waals surface area contributed by atoms with E-state index >= 15 is 0 Å². The molecule has 1 saturated carbocycles. The van der Waals surface area contributed by atoms with Gasteiger partial charge in [0.1, 0.15) is 11.5 Å². The third-order valence-corrected chi connectivity index (χ3v) is 2.99. The molecule has 76 valence electrons. The first-order valence-electron chi connectivity index (χ1n) is 5.41. The van der Waals surface area contributed by atoms with E-state index in [1.54, 1.807) is 6.26 Å².